The molecule has 134 valence electrons. The molecule has 2 amide bonds. The summed E-state index contributed by atoms with van der Waals surface area (Å²) in [6, 6.07) is 2.46. The van der Waals surface area contributed by atoms with E-state index in [0.29, 0.717) is 19.6 Å². The summed E-state index contributed by atoms with van der Waals surface area (Å²) in [6.07, 6.45) is -0.179. The number of amides is 2. The molecule has 1 fully saturated rings. The van der Waals surface area contributed by atoms with Gasteiger partial charge in [0.25, 0.3) is 0 Å². The molecular formula is C16H22ClF2N3O2. The lowest BCUT2D eigenvalue weighted by Crippen LogP contribution is -2.52. The second-order valence-corrected chi connectivity index (χ2v) is 5.73. The van der Waals surface area contributed by atoms with Gasteiger partial charge in [0.15, 0.2) is 0 Å². The Morgan fingerprint density at radius 2 is 2.00 bits per heavy atom. The highest BCUT2D eigenvalue weighted by Gasteiger charge is 2.29. The van der Waals surface area contributed by atoms with Gasteiger partial charge in [-0.25, -0.2) is 8.78 Å². The SMILES string of the molecule is CC(=O)NC(CC(=O)N1CCNC[C@H]1C)c1c(F)cccc1F.Cl. The van der Waals surface area contributed by atoms with Gasteiger partial charge in [0.1, 0.15) is 11.6 Å². The van der Waals surface area contributed by atoms with Gasteiger partial charge in [0.05, 0.1) is 12.5 Å². The molecule has 2 N–H and O–H groups in total. The van der Waals surface area contributed by atoms with Crippen molar-refractivity contribution in [3.05, 3.63) is 35.4 Å². The number of nitrogens with zero attached hydrogens (tertiary/aromatic N) is 1. The van der Waals surface area contributed by atoms with Gasteiger partial charge in [-0.15, -0.1) is 12.4 Å². The van der Waals surface area contributed by atoms with Crippen molar-refractivity contribution >= 4 is 24.2 Å². The molecule has 2 atom stereocenters. The van der Waals surface area contributed by atoms with E-state index in [2.05, 4.69) is 10.6 Å². The van der Waals surface area contributed by atoms with Gasteiger partial charge in [-0.2, -0.15) is 0 Å². The topological polar surface area (TPSA) is 61.4 Å². The molecule has 0 spiro atoms. The van der Waals surface area contributed by atoms with E-state index >= 15 is 0 Å². The lowest BCUT2D eigenvalue weighted by molar-refractivity contribution is -0.134. The van der Waals surface area contributed by atoms with Crippen LogP contribution in [0, 0.1) is 11.6 Å². The second-order valence-electron chi connectivity index (χ2n) is 5.73. The van der Waals surface area contributed by atoms with Crippen molar-refractivity contribution in [2.45, 2.75) is 32.4 Å². The summed E-state index contributed by atoms with van der Waals surface area (Å²) in [7, 11) is 0. The number of halogens is 3. The lowest BCUT2D eigenvalue weighted by atomic mass is 10.0. The Morgan fingerprint density at radius 1 is 1.38 bits per heavy atom. The quantitative estimate of drug-likeness (QED) is 0.859. The van der Waals surface area contributed by atoms with Crippen LogP contribution in [0.1, 0.15) is 31.9 Å². The number of benzene rings is 1. The standard InChI is InChI=1S/C16H21F2N3O2.ClH/c1-10-9-19-6-7-21(10)15(23)8-14(20-11(2)22)16-12(17)4-3-5-13(16)18;/h3-5,10,14,19H,6-9H2,1-2H3,(H,20,22);1H/t10-,14?;/m1./s1. The maximum atomic E-state index is 14.0. The van der Waals surface area contributed by atoms with Crippen molar-refractivity contribution in [2.24, 2.45) is 0 Å². The first-order valence-corrected chi connectivity index (χ1v) is 7.61. The van der Waals surface area contributed by atoms with Gasteiger partial charge >= 0.3 is 0 Å². The fraction of sp³-hybridized carbons (Fsp3) is 0.500. The first-order valence-electron chi connectivity index (χ1n) is 7.61. The highest BCUT2D eigenvalue weighted by atomic mass is 35.5. The Hall–Kier alpha value is -1.73. The Balaban J connectivity index is 0.00000288. The van der Waals surface area contributed by atoms with Crippen LogP contribution in [0.5, 0.6) is 0 Å². The molecule has 0 aliphatic carbocycles. The average Bonchev–Trinajstić information content (AvgIpc) is 2.46. The molecule has 1 aliphatic heterocycles. The van der Waals surface area contributed by atoms with E-state index < -0.39 is 23.6 Å². The van der Waals surface area contributed by atoms with E-state index in [0.717, 1.165) is 12.1 Å². The zero-order chi connectivity index (χ0) is 17.0. The predicted molar refractivity (Wildman–Crippen MR) is 88.8 cm³/mol. The van der Waals surface area contributed by atoms with Crippen LogP contribution in [0.4, 0.5) is 8.78 Å². The van der Waals surface area contributed by atoms with Crippen molar-refractivity contribution in [3.8, 4) is 0 Å². The Labute approximate surface area is 146 Å². The van der Waals surface area contributed by atoms with Gasteiger partial charge in [0, 0.05) is 38.2 Å². The van der Waals surface area contributed by atoms with Gasteiger partial charge in [-0.05, 0) is 19.1 Å². The van der Waals surface area contributed by atoms with Crippen molar-refractivity contribution in [1.29, 1.82) is 0 Å². The molecule has 0 saturated carbocycles. The summed E-state index contributed by atoms with van der Waals surface area (Å²) in [5.74, 6) is -2.23. The number of hydrogen-bond acceptors (Lipinski definition) is 3. The number of nitrogens with one attached hydrogen (secondary N) is 2. The number of rotatable bonds is 4. The van der Waals surface area contributed by atoms with Crippen LogP contribution in [0.3, 0.4) is 0 Å². The molecule has 0 aromatic heterocycles. The van der Waals surface area contributed by atoms with E-state index in [-0.39, 0.29) is 36.3 Å². The van der Waals surface area contributed by atoms with Crippen LogP contribution in [-0.4, -0.2) is 42.4 Å². The third kappa shape index (κ3) is 4.88. The Morgan fingerprint density at radius 3 is 2.54 bits per heavy atom. The fourth-order valence-corrected chi connectivity index (χ4v) is 2.82. The highest BCUT2D eigenvalue weighted by Crippen LogP contribution is 2.24. The third-order valence-corrected chi connectivity index (χ3v) is 3.93. The Kier molecular flexibility index (Phi) is 7.57. The molecule has 1 heterocycles. The molecule has 0 radical (unpaired) electrons. The van der Waals surface area contributed by atoms with Crippen LogP contribution in [0.15, 0.2) is 18.2 Å². The number of carbonyl (C=O) groups excluding carboxylic acids is 2. The predicted octanol–water partition coefficient (Wildman–Crippen LogP) is 1.77. The van der Waals surface area contributed by atoms with Crippen LogP contribution in [0.2, 0.25) is 0 Å². The number of hydrogen-bond donors (Lipinski definition) is 2. The summed E-state index contributed by atoms with van der Waals surface area (Å²) in [5, 5.41) is 5.65. The van der Waals surface area contributed by atoms with Gasteiger partial charge in [-0.1, -0.05) is 6.07 Å². The van der Waals surface area contributed by atoms with Gasteiger partial charge < -0.3 is 15.5 Å². The normalized spacial score (nSPS) is 18.5. The van der Waals surface area contributed by atoms with Crippen molar-refractivity contribution in [2.75, 3.05) is 19.6 Å². The molecular weight excluding hydrogens is 340 g/mol. The minimum atomic E-state index is -1.02. The van der Waals surface area contributed by atoms with Crippen molar-refractivity contribution in [1.82, 2.24) is 15.5 Å². The summed E-state index contributed by atoms with van der Waals surface area (Å²) in [5.41, 5.74) is -0.279. The zero-order valence-corrected chi connectivity index (χ0v) is 14.5. The lowest BCUT2D eigenvalue weighted by Gasteiger charge is -2.35. The van der Waals surface area contributed by atoms with Gasteiger partial charge in [0.2, 0.25) is 11.8 Å². The van der Waals surface area contributed by atoms with E-state index in [4.69, 9.17) is 0 Å². The van der Waals surface area contributed by atoms with Crippen molar-refractivity contribution < 1.29 is 18.4 Å². The Bertz CT molecular complexity index is 580. The second kappa shape index (κ2) is 8.94. The zero-order valence-electron chi connectivity index (χ0n) is 13.6. The fourth-order valence-electron chi connectivity index (χ4n) is 2.82. The molecule has 0 bridgehead atoms. The summed E-state index contributed by atoms with van der Waals surface area (Å²) < 4.78 is 28.0. The van der Waals surface area contributed by atoms with Gasteiger partial charge in [-0.3, -0.25) is 9.59 Å². The van der Waals surface area contributed by atoms with E-state index in [1.165, 1.54) is 13.0 Å². The maximum absolute atomic E-state index is 14.0. The van der Waals surface area contributed by atoms with Crippen LogP contribution >= 0.6 is 12.4 Å². The first-order chi connectivity index (χ1) is 10.9. The average molecular weight is 362 g/mol. The molecule has 5 nitrogen and oxygen atoms in total. The number of carbonyl (C=O) groups is 2. The molecule has 1 unspecified atom stereocenters. The third-order valence-electron chi connectivity index (χ3n) is 3.93. The molecule has 1 aliphatic rings. The van der Waals surface area contributed by atoms with Crippen LogP contribution in [-0.2, 0) is 9.59 Å². The summed E-state index contributed by atoms with van der Waals surface area (Å²) in [6.45, 7) is 5.04. The molecule has 2 rings (SSSR count). The van der Waals surface area contributed by atoms with Crippen molar-refractivity contribution in [3.63, 3.8) is 0 Å². The molecule has 1 aromatic carbocycles. The molecule has 1 aromatic rings. The highest BCUT2D eigenvalue weighted by molar-refractivity contribution is 5.85. The summed E-state index contributed by atoms with van der Waals surface area (Å²) >= 11 is 0. The minimum Gasteiger partial charge on any atom is -0.349 e. The van der Waals surface area contributed by atoms with E-state index in [1.54, 1.807) is 4.90 Å². The van der Waals surface area contributed by atoms with E-state index in [9.17, 15) is 18.4 Å². The minimum absolute atomic E-state index is 0. The molecule has 8 heteroatoms. The first kappa shape index (κ1) is 20.3. The number of piperazine rings is 1. The monoisotopic (exact) mass is 361 g/mol. The smallest absolute Gasteiger partial charge is 0.225 e. The summed E-state index contributed by atoms with van der Waals surface area (Å²) in [4.78, 5) is 25.6. The largest absolute Gasteiger partial charge is 0.349 e. The molecule has 1 saturated heterocycles. The molecule has 24 heavy (non-hydrogen) atoms. The van der Waals surface area contributed by atoms with Crippen LogP contribution in [0.25, 0.3) is 0 Å². The van der Waals surface area contributed by atoms with Crippen LogP contribution < -0.4 is 10.6 Å². The van der Waals surface area contributed by atoms with E-state index in [1.807, 2.05) is 6.92 Å². The maximum Gasteiger partial charge on any atom is 0.225 e.